The van der Waals surface area contributed by atoms with Gasteiger partial charge in [0.05, 0.1) is 5.69 Å². The van der Waals surface area contributed by atoms with E-state index in [4.69, 9.17) is 18.9 Å². The van der Waals surface area contributed by atoms with Crippen LogP contribution in [0.5, 0.6) is 0 Å². The van der Waals surface area contributed by atoms with Crippen LogP contribution < -0.4 is 5.32 Å². The Balaban J connectivity index is 1.76. The van der Waals surface area contributed by atoms with Crippen LogP contribution in [-0.2, 0) is 44.5 Å². The quantitative estimate of drug-likeness (QED) is 0.0795. The second-order valence-electron chi connectivity index (χ2n) is 14.1. The van der Waals surface area contributed by atoms with Crippen LogP contribution in [0.15, 0.2) is 60.0 Å². The first-order valence-corrected chi connectivity index (χ1v) is 18.5. The lowest BCUT2D eigenvalue weighted by Crippen LogP contribution is -2.74. The normalized spacial score (nSPS) is 28.8. The molecule has 10 atom stereocenters. The summed E-state index contributed by atoms with van der Waals surface area (Å²) in [5, 5.41) is 49.9. The molecule has 1 aromatic heterocycles. The summed E-state index contributed by atoms with van der Waals surface area (Å²) in [6.07, 6.45) is -2.99. The van der Waals surface area contributed by atoms with E-state index in [2.05, 4.69) is 23.8 Å². The van der Waals surface area contributed by atoms with Gasteiger partial charge in [0, 0.05) is 37.8 Å². The molecule has 4 rings (SSSR count). The van der Waals surface area contributed by atoms with Crippen molar-refractivity contribution in [2.45, 2.75) is 108 Å². The minimum Gasteiger partial charge on any atom is -0.479 e. The Morgan fingerprint density at radius 2 is 1.81 bits per heavy atom. The van der Waals surface area contributed by atoms with Crippen LogP contribution in [0.4, 0.5) is 5.13 Å². The zero-order valence-corrected chi connectivity index (χ0v) is 31.6. The fraction of sp³-hybridized carbons (Fsp3) is 0.553. The fourth-order valence-corrected chi connectivity index (χ4v) is 7.83. The number of anilines is 1. The second kappa shape index (κ2) is 16.9. The number of hydrogen-bond donors (Lipinski definition) is 5. The number of aromatic nitrogens is 1. The number of esters is 2. The van der Waals surface area contributed by atoms with Crippen LogP contribution in [0.3, 0.4) is 0 Å². The van der Waals surface area contributed by atoms with Crippen molar-refractivity contribution in [2.75, 3.05) is 12.4 Å². The van der Waals surface area contributed by atoms with E-state index < -0.39 is 65.3 Å². The third-order valence-electron chi connectivity index (χ3n) is 10.1. The second-order valence-corrected chi connectivity index (χ2v) is 15.0. The van der Waals surface area contributed by atoms with Gasteiger partial charge in [-0.1, -0.05) is 77.1 Å². The van der Waals surface area contributed by atoms with Gasteiger partial charge < -0.3 is 44.7 Å². The number of carbonyl (C=O) groups is 4. The molecule has 5 N–H and O–H groups in total. The van der Waals surface area contributed by atoms with Gasteiger partial charge in [-0.25, -0.2) is 19.4 Å². The molecule has 2 aliphatic heterocycles. The third kappa shape index (κ3) is 8.34. The molecule has 290 valence electrons. The lowest BCUT2D eigenvalue weighted by atomic mass is 9.74. The number of aliphatic hydroxyl groups is 2. The molecule has 0 spiro atoms. The minimum atomic E-state index is -3.49. The zero-order valence-electron chi connectivity index (χ0n) is 30.8. The van der Waals surface area contributed by atoms with Crippen molar-refractivity contribution in [1.82, 2.24) is 4.98 Å². The van der Waals surface area contributed by atoms with Crippen molar-refractivity contribution < 1.29 is 58.6 Å². The number of carboxylic acid groups (broad SMARTS) is 2. The van der Waals surface area contributed by atoms with Crippen molar-refractivity contribution >= 4 is 40.3 Å². The van der Waals surface area contributed by atoms with Gasteiger partial charge in [0.2, 0.25) is 17.0 Å². The maximum atomic E-state index is 13.4. The number of fused-ring (bicyclic) bond motifs is 2. The monoisotopic (exact) mass is 758 g/mol. The number of nitrogens with zero attached hydrogens (tertiary/aromatic N) is 1. The van der Waals surface area contributed by atoms with Crippen molar-refractivity contribution in [3.63, 3.8) is 0 Å². The highest BCUT2D eigenvalue weighted by atomic mass is 32.1. The van der Waals surface area contributed by atoms with Gasteiger partial charge in [-0.05, 0) is 42.2 Å². The Bertz CT molecular complexity index is 1680. The van der Waals surface area contributed by atoms with Crippen LogP contribution in [-0.4, -0.2) is 91.6 Å². The molecule has 2 fully saturated rings. The molecular weight excluding hydrogens is 708 g/mol. The maximum Gasteiger partial charge on any atom is 0.344 e. The van der Waals surface area contributed by atoms with E-state index >= 15 is 0 Å². The highest BCUT2D eigenvalue weighted by molar-refractivity contribution is 7.13. The summed E-state index contributed by atoms with van der Waals surface area (Å²) in [5.74, 6) is -8.17. The summed E-state index contributed by atoms with van der Waals surface area (Å²) in [4.78, 5) is 56.3. The Kier molecular flexibility index (Phi) is 13.3. The first-order chi connectivity index (χ1) is 24.9. The van der Waals surface area contributed by atoms with Crippen molar-refractivity contribution in [3.05, 3.63) is 71.3 Å². The van der Waals surface area contributed by atoms with Gasteiger partial charge in [0.25, 0.3) is 0 Å². The molecular formula is C38H50N2O12S. The number of aliphatic carboxylic acids is 2. The Hall–Kier alpha value is -4.15. The molecule has 14 nitrogen and oxygen atoms in total. The fourth-order valence-electron chi connectivity index (χ4n) is 7.15. The molecule has 53 heavy (non-hydrogen) atoms. The number of carboxylic acids is 2. The summed E-state index contributed by atoms with van der Waals surface area (Å²) < 4.78 is 23.4. The average Bonchev–Trinajstić information content (AvgIpc) is 3.68. The van der Waals surface area contributed by atoms with E-state index in [1.165, 1.54) is 12.3 Å². The summed E-state index contributed by atoms with van der Waals surface area (Å²) in [6.45, 7) is 13.3. The first kappa shape index (κ1) is 41.6. The predicted molar refractivity (Wildman–Crippen MR) is 194 cm³/mol. The van der Waals surface area contributed by atoms with Crippen LogP contribution in [0.25, 0.3) is 0 Å². The van der Waals surface area contributed by atoms with Crippen molar-refractivity contribution in [3.8, 4) is 0 Å². The number of hydrogen-bond acceptors (Lipinski definition) is 13. The summed E-state index contributed by atoms with van der Waals surface area (Å²) in [5.41, 5.74) is -5.62. The molecule has 0 aliphatic carbocycles. The first-order valence-electron chi connectivity index (χ1n) is 17.6. The number of allylic oxidation sites excluding steroid dienone is 1. The maximum absolute atomic E-state index is 13.4. The average molecular weight is 759 g/mol. The molecule has 2 bridgehead atoms. The van der Waals surface area contributed by atoms with Gasteiger partial charge in [-0.2, -0.15) is 0 Å². The van der Waals surface area contributed by atoms with E-state index in [9.17, 15) is 39.6 Å². The topological polar surface area (TPSA) is 211 Å². The SMILES string of the molecule is C=C(CC[C@]12OC(c3csc(NC)n3)[C@@](O)(C(=O)O)[C@](C(=O)O)(O1)[C@H](OC(=O)/C=C/[C@@H](C)C[C@@H](C)CC)[C@H]2O)[C@@H](OC(C)=O)[C@H](C)Cc1ccccc1. The Labute approximate surface area is 312 Å². The van der Waals surface area contributed by atoms with E-state index in [0.717, 1.165) is 35.8 Å². The van der Waals surface area contributed by atoms with E-state index in [0.29, 0.717) is 23.0 Å². The van der Waals surface area contributed by atoms with Crippen LogP contribution in [0.2, 0.25) is 0 Å². The number of aliphatic hydroxyl groups excluding tert-OH is 1. The number of ether oxygens (including phenoxy) is 4. The third-order valence-corrected chi connectivity index (χ3v) is 10.9. The summed E-state index contributed by atoms with van der Waals surface area (Å²) >= 11 is 1.03. The molecule has 1 aromatic carbocycles. The van der Waals surface area contributed by atoms with Crippen molar-refractivity contribution in [1.29, 1.82) is 0 Å². The molecule has 2 aliphatic rings. The molecule has 0 amide bonds. The van der Waals surface area contributed by atoms with Gasteiger partial charge in [-0.3, -0.25) is 4.79 Å². The lowest BCUT2D eigenvalue weighted by Gasteiger charge is -2.49. The number of nitrogens with one attached hydrogen (secondary N) is 1. The van der Waals surface area contributed by atoms with Crippen molar-refractivity contribution in [2.24, 2.45) is 17.8 Å². The molecule has 0 saturated carbocycles. The summed E-state index contributed by atoms with van der Waals surface area (Å²) in [7, 11) is 1.56. The van der Waals surface area contributed by atoms with Gasteiger partial charge >= 0.3 is 23.9 Å². The molecule has 15 heteroatoms. The van der Waals surface area contributed by atoms with Crippen LogP contribution in [0, 0.1) is 17.8 Å². The molecule has 2 saturated heterocycles. The van der Waals surface area contributed by atoms with Crippen LogP contribution >= 0.6 is 11.3 Å². The van der Waals surface area contributed by atoms with Gasteiger partial charge in [-0.15, -0.1) is 11.3 Å². The molecule has 1 unspecified atom stereocenters. The number of benzene rings is 1. The van der Waals surface area contributed by atoms with E-state index in [-0.39, 0.29) is 30.4 Å². The predicted octanol–water partition coefficient (Wildman–Crippen LogP) is 4.67. The zero-order chi connectivity index (χ0) is 39.3. The van der Waals surface area contributed by atoms with E-state index in [1.807, 2.05) is 51.1 Å². The Morgan fingerprint density at radius 1 is 1.13 bits per heavy atom. The smallest absolute Gasteiger partial charge is 0.344 e. The summed E-state index contributed by atoms with van der Waals surface area (Å²) in [6, 6.07) is 9.50. The highest BCUT2D eigenvalue weighted by Crippen LogP contribution is 2.59. The standard InChI is InChI=1S/C38H50N2O12S/c1-8-21(2)18-22(3)14-15-28(42)50-32-30(43)36(17-16-23(4)29(49-25(6)41)24(5)19-26-12-10-9-11-13-26)51-31(27-20-53-35(39-7)40-27)37(48,33(44)45)38(32,52-36)34(46)47/h9-15,20-22,24,29-32,43,48H,4,8,16-19H2,1-3,5-7H3,(H,39,40)(H,44,45)(H,46,47)/b15-14+/t21-,22+,24+,29+,30+,31?,32+,36-,37+,38-/m0/s1. The number of carbonyl (C=O) groups excluding carboxylic acids is 2. The lowest BCUT2D eigenvalue weighted by molar-refractivity contribution is -0.383. The van der Waals surface area contributed by atoms with E-state index in [1.54, 1.807) is 13.1 Å². The Morgan fingerprint density at radius 3 is 2.38 bits per heavy atom. The largest absolute Gasteiger partial charge is 0.479 e. The van der Waals surface area contributed by atoms with Gasteiger partial charge in [0.1, 0.15) is 18.3 Å². The number of rotatable bonds is 18. The highest BCUT2D eigenvalue weighted by Gasteiger charge is 2.85. The van der Waals surface area contributed by atoms with Crippen LogP contribution in [0.1, 0.15) is 77.7 Å². The minimum absolute atomic E-state index is 0.0728. The molecule has 3 heterocycles. The van der Waals surface area contributed by atoms with Gasteiger partial charge in [0.15, 0.2) is 11.2 Å². The number of thiazole rings is 1. The molecule has 2 aromatic rings. The molecule has 0 radical (unpaired) electrons.